The maximum Gasteiger partial charge on any atom is 0.225 e. The molecular formula is C16H21N3O2. The van der Waals surface area contributed by atoms with Crippen molar-refractivity contribution in [2.75, 3.05) is 13.1 Å². The average Bonchev–Trinajstić information content (AvgIpc) is 3.38. The number of rotatable bonds is 4. The van der Waals surface area contributed by atoms with Gasteiger partial charge in [-0.15, -0.1) is 0 Å². The van der Waals surface area contributed by atoms with Gasteiger partial charge in [0.15, 0.2) is 0 Å². The van der Waals surface area contributed by atoms with Gasteiger partial charge in [0.05, 0.1) is 18.2 Å². The van der Waals surface area contributed by atoms with Crippen molar-refractivity contribution < 1.29 is 9.59 Å². The largest absolute Gasteiger partial charge is 0.350 e. The molecule has 1 N–H and O–H groups in total. The van der Waals surface area contributed by atoms with Crippen LogP contribution in [0.15, 0.2) is 24.4 Å². The Morgan fingerprint density at radius 2 is 2.10 bits per heavy atom. The van der Waals surface area contributed by atoms with E-state index < -0.39 is 0 Å². The first-order valence-corrected chi connectivity index (χ1v) is 7.70. The van der Waals surface area contributed by atoms with Gasteiger partial charge >= 0.3 is 0 Å². The van der Waals surface area contributed by atoms with Crippen molar-refractivity contribution in [2.24, 2.45) is 11.8 Å². The van der Waals surface area contributed by atoms with Crippen molar-refractivity contribution in [3.63, 3.8) is 0 Å². The summed E-state index contributed by atoms with van der Waals surface area (Å²) >= 11 is 0. The molecule has 1 aromatic rings. The van der Waals surface area contributed by atoms with Gasteiger partial charge in [-0.2, -0.15) is 0 Å². The van der Waals surface area contributed by atoms with E-state index in [9.17, 15) is 9.59 Å². The molecule has 2 heterocycles. The summed E-state index contributed by atoms with van der Waals surface area (Å²) < 4.78 is 0. The normalized spacial score (nSPS) is 21.9. The van der Waals surface area contributed by atoms with E-state index in [1.807, 2.05) is 23.1 Å². The third kappa shape index (κ3) is 3.60. The van der Waals surface area contributed by atoms with E-state index in [1.54, 1.807) is 6.20 Å². The van der Waals surface area contributed by atoms with E-state index >= 15 is 0 Å². The molecule has 0 spiro atoms. The average molecular weight is 287 g/mol. The minimum atomic E-state index is -0.0786. The predicted molar refractivity (Wildman–Crippen MR) is 78.1 cm³/mol. The van der Waals surface area contributed by atoms with Crippen LogP contribution in [0.4, 0.5) is 0 Å². The smallest absolute Gasteiger partial charge is 0.225 e. The number of carbonyl (C=O) groups is 2. The minimum absolute atomic E-state index is 0.0361. The third-order valence-electron chi connectivity index (χ3n) is 4.20. The van der Waals surface area contributed by atoms with Gasteiger partial charge in [-0.1, -0.05) is 6.07 Å². The Labute approximate surface area is 124 Å². The van der Waals surface area contributed by atoms with E-state index in [-0.39, 0.29) is 23.7 Å². The summed E-state index contributed by atoms with van der Waals surface area (Å²) in [6.45, 7) is 1.83. The standard InChI is InChI=1S/C16H21N3O2/c20-15(18-10-14-5-1-2-8-17-14)13-4-3-9-19(11-13)16(21)12-6-7-12/h1-2,5,8,12-13H,3-4,6-7,9-11H2,(H,18,20). The van der Waals surface area contributed by atoms with E-state index in [4.69, 9.17) is 0 Å². The maximum absolute atomic E-state index is 12.2. The van der Waals surface area contributed by atoms with Crippen molar-refractivity contribution in [1.82, 2.24) is 15.2 Å². The first-order valence-electron chi connectivity index (χ1n) is 7.70. The Kier molecular flexibility index (Phi) is 4.18. The molecule has 0 radical (unpaired) electrons. The summed E-state index contributed by atoms with van der Waals surface area (Å²) in [4.78, 5) is 30.4. The molecule has 3 rings (SSSR count). The van der Waals surface area contributed by atoms with Gasteiger partial charge in [-0.3, -0.25) is 14.6 Å². The van der Waals surface area contributed by atoms with Gasteiger partial charge in [0.25, 0.3) is 0 Å². The number of amides is 2. The number of pyridine rings is 1. The number of nitrogens with one attached hydrogen (secondary N) is 1. The highest BCUT2D eigenvalue weighted by atomic mass is 16.2. The molecule has 1 aromatic heterocycles. The van der Waals surface area contributed by atoms with Gasteiger partial charge in [-0.05, 0) is 37.8 Å². The SMILES string of the molecule is O=C(NCc1ccccn1)C1CCCN(C(=O)C2CC2)C1. The second-order valence-electron chi connectivity index (χ2n) is 5.94. The van der Waals surface area contributed by atoms with Gasteiger partial charge in [0.2, 0.25) is 11.8 Å². The van der Waals surface area contributed by atoms with Crippen LogP contribution < -0.4 is 5.32 Å². The van der Waals surface area contributed by atoms with Crippen LogP contribution in [0.25, 0.3) is 0 Å². The lowest BCUT2D eigenvalue weighted by Crippen LogP contribution is -2.45. The highest BCUT2D eigenvalue weighted by Gasteiger charge is 2.36. The maximum atomic E-state index is 12.2. The van der Waals surface area contributed by atoms with Crippen LogP contribution in [0, 0.1) is 11.8 Å². The number of carbonyl (C=O) groups excluding carboxylic acids is 2. The summed E-state index contributed by atoms with van der Waals surface area (Å²) in [5.41, 5.74) is 0.854. The van der Waals surface area contributed by atoms with E-state index in [0.29, 0.717) is 13.1 Å². The summed E-state index contributed by atoms with van der Waals surface area (Å²) in [6.07, 6.45) is 5.54. The second kappa shape index (κ2) is 6.24. The molecule has 5 heteroatoms. The quantitative estimate of drug-likeness (QED) is 0.909. The topological polar surface area (TPSA) is 62.3 Å². The number of hydrogen-bond acceptors (Lipinski definition) is 3. The Balaban J connectivity index is 1.50. The third-order valence-corrected chi connectivity index (χ3v) is 4.20. The number of piperidine rings is 1. The van der Waals surface area contributed by atoms with Crippen molar-refractivity contribution in [3.05, 3.63) is 30.1 Å². The summed E-state index contributed by atoms with van der Waals surface area (Å²) in [5, 5.41) is 2.93. The van der Waals surface area contributed by atoms with Crippen LogP contribution in [-0.4, -0.2) is 34.8 Å². The Hall–Kier alpha value is -1.91. The number of aromatic nitrogens is 1. The lowest BCUT2D eigenvalue weighted by Gasteiger charge is -2.32. The van der Waals surface area contributed by atoms with Crippen molar-refractivity contribution in [2.45, 2.75) is 32.2 Å². The molecule has 2 amide bonds. The molecule has 0 bridgehead atoms. The van der Waals surface area contributed by atoms with Crippen molar-refractivity contribution in [1.29, 1.82) is 0 Å². The lowest BCUT2D eigenvalue weighted by atomic mass is 9.96. The predicted octanol–water partition coefficient (Wildman–Crippen LogP) is 1.35. The fourth-order valence-corrected chi connectivity index (χ4v) is 2.80. The summed E-state index contributed by atoms with van der Waals surface area (Å²) in [5.74, 6) is 0.441. The van der Waals surface area contributed by atoms with E-state index in [0.717, 1.165) is 37.9 Å². The molecule has 112 valence electrons. The van der Waals surface area contributed by atoms with Gasteiger partial charge < -0.3 is 10.2 Å². The molecule has 1 atom stereocenters. The molecule has 1 aliphatic carbocycles. The zero-order chi connectivity index (χ0) is 14.7. The first-order chi connectivity index (χ1) is 10.2. The summed E-state index contributed by atoms with van der Waals surface area (Å²) in [7, 11) is 0. The Morgan fingerprint density at radius 3 is 2.81 bits per heavy atom. The van der Waals surface area contributed by atoms with Gasteiger partial charge in [-0.25, -0.2) is 0 Å². The molecule has 1 aliphatic heterocycles. The van der Waals surface area contributed by atoms with Crippen LogP contribution in [0.2, 0.25) is 0 Å². The van der Waals surface area contributed by atoms with E-state index in [2.05, 4.69) is 10.3 Å². The molecule has 1 saturated carbocycles. The second-order valence-corrected chi connectivity index (χ2v) is 5.94. The first kappa shape index (κ1) is 14.0. The molecule has 5 nitrogen and oxygen atoms in total. The Morgan fingerprint density at radius 1 is 1.24 bits per heavy atom. The van der Waals surface area contributed by atoms with Crippen LogP contribution in [-0.2, 0) is 16.1 Å². The Bertz CT molecular complexity index is 514. The summed E-state index contributed by atoms with van der Waals surface area (Å²) in [6, 6.07) is 5.66. The number of likely N-dealkylation sites (tertiary alicyclic amines) is 1. The molecular weight excluding hydrogens is 266 g/mol. The van der Waals surface area contributed by atoms with Gasteiger partial charge in [0, 0.05) is 25.2 Å². The highest BCUT2D eigenvalue weighted by Crippen LogP contribution is 2.32. The molecule has 1 saturated heterocycles. The van der Waals surface area contributed by atoms with Crippen molar-refractivity contribution in [3.8, 4) is 0 Å². The van der Waals surface area contributed by atoms with Gasteiger partial charge in [0.1, 0.15) is 0 Å². The van der Waals surface area contributed by atoms with Crippen LogP contribution in [0.3, 0.4) is 0 Å². The van der Waals surface area contributed by atoms with Crippen molar-refractivity contribution >= 4 is 11.8 Å². The van der Waals surface area contributed by atoms with Crippen LogP contribution in [0.1, 0.15) is 31.4 Å². The fraction of sp³-hybridized carbons (Fsp3) is 0.562. The zero-order valence-electron chi connectivity index (χ0n) is 12.1. The van der Waals surface area contributed by atoms with E-state index in [1.165, 1.54) is 0 Å². The fourth-order valence-electron chi connectivity index (χ4n) is 2.80. The zero-order valence-corrected chi connectivity index (χ0v) is 12.1. The van der Waals surface area contributed by atoms with Crippen LogP contribution in [0.5, 0.6) is 0 Å². The number of nitrogens with zero attached hydrogens (tertiary/aromatic N) is 2. The highest BCUT2D eigenvalue weighted by molar-refractivity contribution is 5.83. The lowest BCUT2D eigenvalue weighted by molar-refractivity contribution is -0.136. The molecule has 21 heavy (non-hydrogen) atoms. The van der Waals surface area contributed by atoms with Crippen LogP contribution >= 0.6 is 0 Å². The molecule has 0 aromatic carbocycles. The number of hydrogen-bond donors (Lipinski definition) is 1. The minimum Gasteiger partial charge on any atom is -0.350 e. The monoisotopic (exact) mass is 287 g/mol. The molecule has 2 aliphatic rings. The molecule has 1 unspecified atom stereocenters. The molecule has 2 fully saturated rings.